The van der Waals surface area contributed by atoms with Gasteiger partial charge < -0.3 is 14.2 Å². The molecular formula is C24H28FN7. The van der Waals surface area contributed by atoms with E-state index in [1.54, 1.807) is 8.92 Å². The molecule has 2 aliphatic heterocycles. The minimum Gasteiger partial charge on any atom is -0.355 e. The van der Waals surface area contributed by atoms with E-state index in [4.69, 9.17) is 0 Å². The van der Waals surface area contributed by atoms with E-state index < -0.39 is 0 Å². The Balaban J connectivity index is 1.34. The molecule has 8 heteroatoms. The van der Waals surface area contributed by atoms with Crippen molar-refractivity contribution in [2.45, 2.75) is 33.1 Å². The maximum Gasteiger partial charge on any atom is 0.175 e. The van der Waals surface area contributed by atoms with Crippen LogP contribution in [0.5, 0.6) is 0 Å². The van der Waals surface area contributed by atoms with Gasteiger partial charge in [-0.2, -0.15) is 5.10 Å². The number of nitrogens with zero attached hydrogens (tertiary/aromatic N) is 7. The molecule has 0 aromatic carbocycles. The van der Waals surface area contributed by atoms with E-state index in [1.165, 1.54) is 25.3 Å². The van der Waals surface area contributed by atoms with Crippen molar-refractivity contribution in [1.82, 2.24) is 28.9 Å². The van der Waals surface area contributed by atoms with Crippen LogP contribution in [0.15, 0.2) is 30.7 Å². The minimum atomic E-state index is -0.330. The molecule has 0 aliphatic carbocycles. The average molecular weight is 434 g/mol. The number of anilines is 1. The van der Waals surface area contributed by atoms with Crippen LogP contribution in [-0.4, -0.2) is 62.1 Å². The Kier molecular flexibility index (Phi) is 4.30. The molecule has 0 radical (unpaired) electrons. The number of likely N-dealkylation sites (tertiary alicyclic amines) is 1. The highest BCUT2D eigenvalue weighted by atomic mass is 19.1. The van der Waals surface area contributed by atoms with Crippen LogP contribution in [-0.2, 0) is 0 Å². The number of aromatic nitrogens is 5. The molecule has 0 unspecified atom stereocenters. The number of halogens is 1. The first kappa shape index (κ1) is 19.7. The lowest BCUT2D eigenvalue weighted by Gasteiger charge is -2.37. The summed E-state index contributed by atoms with van der Waals surface area (Å²) in [5.41, 5.74) is 4.94. The minimum absolute atomic E-state index is 0.330. The number of fused-ring (bicyclic) bond motifs is 2. The molecule has 0 atom stereocenters. The van der Waals surface area contributed by atoms with Crippen LogP contribution in [0.1, 0.15) is 30.5 Å². The van der Waals surface area contributed by atoms with Crippen molar-refractivity contribution >= 4 is 17.1 Å². The molecule has 6 heterocycles. The van der Waals surface area contributed by atoms with Crippen LogP contribution in [0.3, 0.4) is 0 Å². The second-order valence-electron chi connectivity index (χ2n) is 9.74. The second kappa shape index (κ2) is 7.00. The number of imidazole rings is 2. The SMILES string of the molecule is Cc1cn2nc(-c3cc(F)c4nc(N5CCC6(CCN(C)CC6)C5)cn4c3)cc(C)c2n1. The van der Waals surface area contributed by atoms with E-state index in [0.717, 1.165) is 60.2 Å². The monoisotopic (exact) mass is 433 g/mol. The van der Waals surface area contributed by atoms with Gasteiger partial charge in [-0.15, -0.1) is 0 Å². The van der Waals surface area contributed by atoms with Crippen molar-refractivity contribution in [2.75, 3.05) is 38.1 Å². The predicted molar refractivity (Wildman–Crippen MR) is 123 cm³/mol. The Morgan fingerprint density at radius 3 is 2.53 bits per heavy atom. The Morgan fingerprint density at radius 2 is 1.72 bits per heavy atom. The van der Waals surface area contributed by atoms with Crippen LogP contribution in [0.4, 0.5) is 10.2 Å². The summed E-state index contributed by atoms with van der Waals surface area (Å²) in [6, 6.07) is 3.50. The third kappa shape index (κ3) is 3.16. The van der Waals surface area contributed by atoms with E-state index in [9.17, 15) is 0 Å². The number of hydrogen-bond acceptors (Lipinski definition) is 5. The summed E-state index contributed by atoms with van der Waals surface area (Å²) >= 11 is 0. The summed E-state index contributed by atoms with van der Waals surface area (Å²) in [5.74, 6) is 0.532. The summed E-state index contributed by atoms with van der Waals surface area (Å²) in [5, 5.41) is 4.66. The molecule has 1 spiro atoms. The number of hydrogen-bond donors (Lipinski definition) is 0. The molecule has 6 rings (SSSR count). The van der Waals surface area contributed by atoms with Gasteiger partial charge >= 0.3 is 0 Å². The largest absolute Gasteiger partial charge is 0.355 e. The van der Waals surface area contributed by atoms with Crippen molar-refractivity contribution in [3.63, 3.8) is 0 Å². The molecule has 4 aromatic heterocycles. The van der Waals surface area contributed by atoms with Crippen molar-refractivity contribution in [2.24, 2.45) is 5.41 Å². The summed E-state index contributed by atoms with van der Waals surface area (Å²) < 4.78 is 18.7. The van der Waals surface area contributed by atoms with E-state index >= 15 is 4.39 Å². The number of aryl methyl sites for hydroxylation is 2. The van der Waals surface area contributed by atoms with Gasteiger partial charge in [0.15, 0.2) is 17.1 Å². The van der Waals surface area contributed by atoms with Gasteiger partial charge in [-0.25, -0.2) is 18.9 Å². The zero-order chi connectivity index (χ0) is 22.0. The lowest BCUT2D eigenvalue weighted by molar-refractivity contribution is 0.142. The highest BCUT2D eigenvalue weighted by Gasteiger charge is 2.40. The highest BCUT2D eigenvalue weighted by molar-refractivity contribution is 5.65. The van der Waals surface area contributed by atoms with Crippen molar-refractivity contribution in [1.29, 1.82) is 0 Å². The summed E-state index contributed by atoms with van der Waals surface area (Å²) in [6.45, 7) is 8.26. The lowest BCUT2D eigenvalue weighted by atomic mass is 9.78. The van der Waals surface area contributed by atoms with E-state index in [0.29, 0.717) is 11.1 Å². The third-order valence-electron chi connectivity index (χ3n) is 7.33. The van der Waals surface area contributed by atoms with E-state index in [-0.39, 0.29) is 5.82 Å². The summed E-state index contributed by atoms with van der Waals surface area (Å²) in [6.07, 6.45) is 9.43. The first-order chi connectivity index (χ1) is 15.4. The van der Waals surface area contributed by atoms with Crippen LogP contribution in [0, 0.1) is 25.1 Å². The zero-order valence-electron chi connectivity index (χ0n) is 18.8. The molecule has 32 heavy (non-hydrogen) atoms. The van der Waals surface area contributed by atoms with Gasteiger partial charge in [0.2, 0.25) is 0 Å². The van der Waals surface area contributed by atoms with Crippen LogP contribution in [0.25, 0.3) is 22.6 Å². The summed E-state index contributed by atoms with van der Waals surface area (Å²) in [4.78, 5) is 13.9. The first-order valence-electron chi connectivity index (χ1n) is 11.3. The molecule has 2 aliphatic rings. The fraction of sp³-hybridized carbons (Fsp3) is 0.458. The topological polar surface area (TPSA) is 54.0 Å². The first-order valence-corrected chi connectivity index (χ1v) is 11.3. The third-order valence-corrected chi connectivity index (χ3v) is 7.33. The molecule has 2 fully saturated rings. The molecule has 166 valence electrons. The van der Waals surface area contributed by atoms with E-state index in [2.05, 4.69) is 31.9 Å². The van der Waals surface area contributed by atoms with Crippen LogP contribution >= 0.6 is 0 Å². The highest BCUT2D eigenvalue weighted by Crippen LogP contribution is 2.41. The van der Waals surface area contributed by atoms with Crippen LogP contribution < -0.4 is 4.90 Å². The molecule has 0 bridgehead atoms. The average Bonchev–Trinajstić information content (AvgIpc) is 3.47. The molecule has 4 aromatic rings. The predicted octanol–water partition coefficient (Wildman–Crippen LogP) is 3.72. The van der Waals surface area contributed by atoms with Crippen LogP contribution in [0.2, 0.25) is 0 Å². The summed E-state index contributed by atoms with van der Waals surface area (Å²) in [7, 11) is 2.20. The number of pyridine rings is 1. The normalized spacial score (nSPS) is 19.1. The zero-order valence-corrected chi connectivity index (χ0v) is 18.8. The second-order valence-corrected chi connectivity index (χ2v) is 9.74. The van der Waals surface area contributed by atoms with Gasteiger partial charge in [0.05, 0.1) is 23.8 Å². The van der Waals surface area contributed by atoms with Crippen molar-refractivity contribution in [3.8, 4) is 11.3 Å². The molecule has 7 nitrogen and oxygen atoms in total. The fourth-order valence-corrected chi connectivity index (χ4v) is 5.35. The Labute approximate surface area is 186 Å². The number of rotatable bonds is 2. The smallest absolute Gasteiger partial charge is 0.175 e. The Bertz CT molecular complexity index is 1330. The van der Waals surface area contributed by atoms with Gasteiger partial charge in [-0.1, -0.05) is 0 Å². The fourth-order valence-electron chi connectivity index (χ4n) is 5.35. The molecule has 0 N–H and O–H groups in total. The quantitative estimate of drug-likeness (QED) is 0.482. The molecule has 0 amide bonds. The van der Waals surface area contributed by atoms with Crippen molar-refractivity contribution in [3.05, 3.63) is 47.8 Å². The molecule has 0 saturated carbocycles. The van der Waals surface area contributed by atoms with Crippen molar-refractivity contribution < 1.29 is 4.39 Å². The van der Waals surface area contributed by atoms with Gasteiger partial charge in [-0.3, -0.25) is 0 Å². The maximum absolute atomic E-state index is 15.1. The Hall–Kier alpha value is -3.00. The van der Waals surface area contributed by atoms with Gasteiger partial charge in [0, 0.05) is 24.8 Å². The standard InChI is InChI=1S/C24H28FN7/c1-16-10-20(28-32-12-17(2)26-22(16)32)18-11-19(25)23-27-21(14-31(23)13-18)30-9-6-24(15-30)4-7-29(3)8-5-24/h10-14H,4-9,15H2,1-3H3. The maximum atomic E-state index is 15.1. The Morgan fingerprint density at radius 1 is 0.938 bits per heavy atom. The number of piperidine rings is 1. The van der Waals surface area contributed by atoms with Gasteiger partial charge in [-0.05, 0) is 76.4 Å². The lowest BCUT2D eigenvalue weighted by Crippen LogP contribution is -2.39. The van der Waals surface area contributed by atoms with Gasteiger partial charge in [0.25, 0.3) is 0 Å². The van der Waals surface area contributed by atoms with E-state index in [1.807, 2.05) is 38.5 Å². The van der Waals surface area contributed by atoms with Gasteiger partial charge in [0.1, 0.15) is 5.82 Å². The molecular weight excluding hydrogens is 405 g/mol. The molecule has 2 saturated heterocycles.